The molecule has 0 fully saturated rings. The van der Waals surface area contributed by atoms with E-state index in [1.807, 2.05) is 43.3 Å². The summed E-state index contributed by atoms with van der Waals surface area (Å²) in [5.41, 5.74) is 3.88. The number of rotatable bonds is 5. The highest BCUT2D eigenvalue weighted by atomic mass is 32.2. The monoisotopic (exact) mass is 392 g/mol. The molecule has 4 nitrogen and oxygen atoms in total. The Kier molecular flexibility index (Phi) is 5.12. The number of carbonyl (C=O) groups is 1. The fourth-order valence-corrected chi connectivity index (χ4v) is 3.69. The standard InChI is InChI=1S/C22H17FN2O2S/c1-14-10-11-17(23)19(12-14)24-21(26)16-7-3-2-6-15(16)13-28-22-25-18-8-4-5-9-20(18)27-22/h2-12H,13H2,1H3,(H,24,26). The number of halogens is 1. The first kappa shape index (κ1) is 18.3. The maximum absolute atomic E-state index is 14.0. The molecule has 140 valence electrons. The van der Waals surface area contributed by atoms with Crippen LogP contribution in [0.2, 0.25) is 0 Å². The van der Waals surface area contributed by atoms with Crippen molar-refractivity contribution in [2.75, 3.05) is 5.32 Å². The molecule has 1 aromatic heterocycles. The van der Waals surface area contributed by atoms with E-state index in [-0.39, 0.29) is 11.6 Å². The number of aryl methyl sites for hydroxylation is 1. The Morgan fingerprint density at radius 2 is 1.89 bits per heavy atom. The van der Waals surface area contributed by atoms with Crippen LogP contribution in [0.1, 0.15) is 21.5 Å². The lowest BCUT2D eigenvalue weighted by atomic mass is 10.1. The van der Waals surface area contributed by atoms with Crippen molar-refractivity contribution in [1.29, 1.82) is 0 Å². The number of fused-ring (bicyclic) bond motifs is 1. The summed E-state index contributed by atoms with van der Waals surface area (Å²) < 4.78 is 19.7. The number of amides is 1. The number of hydrogen-bond donors (Lipinski definition) is 1. The van der Waals surface area contributed by atoms with Gasteiger partial charge in [0.2, 0.25) is 0 Å². The number of anilines is 1. The predicted octanol–water partition coefficient (Wildman–Crippen LogP) is 5.82. The van der Waals surface area contributed by atoms with Gasteiger partial charge in [-0.3, -0.25) is 4.79 Å². The van der Waals surface area contributed by atoms with Crippen LogP contribution in [-0.2, 0) is 5.75 Å². The molecule has 0 spiro atoms. The van der Waals surface area contributed by atoms with E-state index in [0.29, 0.717) is 16.5 Å². The summed E-state index contributed by atoms with van der Waals surface area (Å²) in [6, 6.07) is 19.4. The molecule has 4 aromatic rings. The smallest absolute Gasteiger partial charge is 0.257 e. The molecule has 0 unspecified atom stereocenters. The predicted molar refractivity (Wildman–Crippen MR) is 109 cm³/mol. The molecule has 6 heteroatoms. The first-order valence-corrected chi connectivity index (χ1v) is 9.72. The Balaban J connectivity index is 1.52. The lowest BCUT2D eigenvalue weighted by Crippen LogP contribution is -2.15. The van der Waals surface area contributed by atoms with E-state index >= 15 is 0 Å². The van der Waals surface area contributed by atoms with Crippen LogP contribution in [0, 0.1) is 12.7 Å². The molecule has 0 saturated carbocycles. The van der Waals surface area contributed by atoms with Gasteiger partial charge in [0.25, 0.3) is 11.1 Å². The van der Waals surface area contributed by atoms with Crippen molar-refractivity contribution in [2.24, 2.45) is 0 Å². The number of nitrogens with zero attached hydrogens (tertiary/aromatic N) is 1. The summed E-state index contributed by atoms with van der Waals surface area (Å²) in [5.74, 6) is -0.303. The van der Waals surface area contributed by atoms with Gasteiger partial charge in [0.05, 0.1) is 5.69 Å². The van der Waals surface area contributed by atoms with Crippen molar-refractivity contribution in [2.45, 2.75) is 17.9 Å². The van der Waals surface area contributed by atoms with Gasteiger partial charge < -0.3 is 9.73 Å². The van der Waals surface area contributed by atoms with E-state index in [4.69, 9.17) is 4.42 Å². The molecule has 0 aliphatic rings. The number of nitrogens with one attached hydrogen (secondary N) is 1. The van der Waals surface area contributed by atoms with Gasteiger partial charge in [-0.25, -0.2) is 9.37 Å². The van der Waals surface area contributed by atoms with Gasteiger partial charge in [-0.05, 0) is 48.4 Å². The fraction of sp³-hybridized carbons (Fsp3) is 0.0909. The molecule has 0 atom stereocenters. The Labute approximate surface area is 165 Å². The molecule has 1 N–H and O–H groups in total. The normalized spacial score (nSPS) is 10.9. The Bertz CT molecular complexity index is 1120. The zero-order valence-electron chi connectivity index (χ0n) is 15.1. The third kappa shape index (κ3) is 3.92. The quantitative estimate of drug-likeness (QED) is 0.435. The van der Waals surface area contributed by atoms with Crippen LogP contribution in [0.25, 0.3) is 11.1 Å². The van der Waals surface area contributed by atoms with Gasteiger partial charge >= 0.3 is 0 Å². The molecule has 0 radical (unpaired) electrons. The van der Waals surface area contributed by atoms with E-state index in [1.165, 1.54) is 17.8 Å². The minimum absolute atomic E-state index is 0.173. The van der Waals surface area contributed by atoms with Crippen molar-refractivity contribution in [3.8, 4) is 0 Å². The van der Waals surface area contributed by atoms with E-state index < -0.39 is 5.82 Å². The molecule has 3 aromatic carbocycles. The van der Waals surface area contributed by atoms with E-state index in [0.717, 1.165) is 22.2 Å². The molecule has 0 aliphatic carbocycles. The summed E-state index contributed by atoms with van der Waals surface area (Å²) in [6.07, 6.45) is 0. The summed E-state index contributed by atoms with van der Waals surface area (Å²) in [4.78, 5) is 17.2. The molecular formula is C22H17FN2O2S. The van der Waals surface area contributed by atoms with Gasteiger partial charge in [-0.1, -0.05) is 48.2 Å². The maximum Gasteiger partial charge on any atom is 0.257 e. The first-order valence-electron chi connectivity index (χ1n) is 8.74. The van der Waals surface area contributed by atoms with Crippen molar-refractivity contribution in [1.82, 2.24) is 4.98 Å². The van der Waals surface area contributed by atoms with Crippen molar-refractivity contribution < 1.29 is 13.6 Å². The zero-order chi connectivity index (χ0) is 19.5. The lowest BCUT2D eigenvalue weighted by molar-refractivity contribution is 0.102. The van der Waals surface area contributed by atoms with Crippen molar-refractivity contribution in [3.63, 3.8) is 0 Å². The Morgan fingerprint density at radius 1 is 1.11 bits per heavy atom. The Hall–Kier alpha value is -3.12. The van der Waals surface area contributed by atoms with Crippen molar-refractivity contribution >= 4 is 34.5 Å². The molecule has 0 saturated heterocycles. The van der Waals surface area contributed by atoms with Gasteiger partial charge in [0.1, 0.15) is 11.3 Å². The SMILES string of the molecule is Cc1ccc(F)c(NC(=O)c2ccccc2CSc2nc3ccccc3o2)c1. The molecule has 1 amide bonds. The number of aromatic nitrogens is 1. The van der Waals surface area contributed by atoms with Gasteiger partial charge in [0, 0.05) is 11.3 Å². The van der Waals surface area contributed by atoms with E-state index in [9.17, 15) is 9.18 Å². The minimum Gasteiger partial charge on any atom is -0.431 e. The number of oxazole rings is 1. The highest BCUT2D eigenvalue weighted by Crippen LogP contribution is 2.27. The molecule has 0 aliphatic heterocycles. The van der Waals surface area contributed by atoms with Crippen LogP contribution in [0.4, 0.5) is 10.1 Å². The topological polar surface area (TPSA) is 55.1 Å². The molecule has 28 heavy (non-hydrogen) atoms. The Morgan fingerprint density at radius 3 is 2.75 bits per heavy atom. The molecule has 1 heterocycles. The number of hydrogen-bond acceptors (Lipinski definition) is 4. The first-order chi connectivity index (χ1) is 13.6. The minimum atomic E-state index is -0.461. The fourth-order valence-electron chi connectivity index (χ4n) is 2.84. The van der Waals surface area contributed by atoms with Crippen LogP contribution in [-0.4, -0.2) is 10.9 Å². The summed E-state index contributed by atoms with van der Waals surface area (Å²) in [7, 11) is 0. The number of thioether (sulfide) groups is 1. The largest absolute Gasteiger partial charge is 0.431 e. The maximum atomic E-state index is 14.0. The summed E-state index contributed by atoms with van der Waals surface area (Å²) >= 11 is 1.41. The molecule has 4 rings (SSSR count). The van der Waals surface area contributed by atoms with Gasteiger partial charge in [0.15, 0.2) is 5.58 Å². The second-order valence-corrected chi connectivity index (χ2v) is 7.26. The third-order valence-corrected chi connectivity index (χ3v) is 5.13. The van der Waals surface area contributed by atoms with Crippen molar-refractivity contribution in [3.05, 3.63) is 89.2 Å². The van der Waals surface area contributed by atoms with Crippen LogP contribution in [0.3, 0.4) is 0 Å². The summed E-state index contributed by atoms with van der Waals surface area (Å²) in [6.45, 7) is 1.85. The second kappa shape index (κ2) is 7.86. The van der Waals surface area contributed by atoms with Gasteiger partial charge in [-0.2, -0.15) is 0 Å². The van der Waals surface area contributed by atoms with Crippen LogP contribution >= 0.6 is 11.8 Å². The summed E-state index contributed by atoms with van der Waals surface area (Å²) in [5, 5.41) is 3.21. The second-order valence-electron chi connectivity index (χ2n) is 6.33. The lowest BCUT2D eigenvalue weighted by Gasteiger charge is -2.10. The van der Waals surface area contributed by atoms with Crippen LogP contribution in [0.15, 0.2) is 76.4 Å². The van der Waals surface area contributed by atoms with E-state index in [1.54, 1.807) is 24.3 Å². The zero-order valence-corrected chi connectivity index (χ0v) is 15.9. The van der Waals surface area contributed by atoms with Crippen LogP contribution < -0.4 is 5.32 Å². The van der Waals surface area contributed by atoms with Gasteiger partial charge in [-0.15, -0.1) is 0 Å². The molecule has 0 bridgehead atoms. The third-order valence-electron chi connectivity index (χ3n) is 4.26. The highest BCUT2D eigenvalue weighted by Gasteiger charge is 2.15. The number of benzene rings is 3. The average molecular weight is 392 g/mol. The number of carbonyl (C=O) groups excluding carboxylic acids is 1. The van der Waals surface area contributed by atoms with Crippen LogP contribution in [0.5, 0.6) is 0 Å². The highest BCUT2D eigenvalue weighted by molar-refractivity contribution is 7.98. The number of para-hydroxylation sites is 2. The molecular weight excluding hydrogens is 375 g/mol. The van der Waals surface area contributed by atoms with E-state index in [2.05, 4.69) is 10.3 Å². The average Bonchev–Trinajstić information content (AvgIpc) is 3.12.